The molecule has 1 fully saturated rings. The van der Waals surface area contributed by atoms with Gasteiger partial charge in [0.25, 0.3) is 0 Å². The fourth-order valence-electron chi connectivity index (χ4n) is 4.21. The smallest absolute Gasteiger partial charge is 0.173 e. The molecule has 0 radical (unpaired) electrons. The maximum Gasteiger partial charge on any atom is 0.173 e. The Kier molecular flexibility index (Phi) is 4.76. The number of ether oxygens (including phenoxy) is 1. The SMILES string of the molecule is CC=C(C)c1nc(-c2ccc(OCC3(C)CC(C)(C)C3)cc2C)ns1. The van der Waals surface area contributed by atoms with E-state index in [-0.39, 0.29) is 0 Å². The predicted molar refractivity (Wildman–Crippen MR) is 106 cm³/mol. The summed E-state index contributed by atoms with van der Waals surface area (Å²) in [6, 6.07) is 6.22. The summed E-state index contributed by atoms with van der Waals surface area (Å²) in [5, 5.41) is 0.984. The Morgan fingerprint density at radius 1 is 1.28 bits per heavy atom. The highest BCUT2D eigenvalue weighted by Gasteiger charge is 2.46. The molecule has 0 aliphatic heterocycles. The van der Waals surface area contributed by atoms with Gasteiger partial charge in [0.15, 0.2) is 5.82 Å². The van der Waals surface area contributed by atoms with Gasteiger partial charge in [0.05, 0.1) is 6.61 Å². The average Bonchev–Trinajstić information content (AvgIpc) is 3.00. The number of nitrogens with zero attached hydrogens (tertiary/aromatic N) is 2. The molecule has 0 amide bonds. The van der Waals surface area contributed by atoms with Gasteiger partial charge in [-0.3, -0.25) is 0 Å². The van der Waals surface area contributed by atoms with Gasteiger partial charge in [-0.15, -0.1) is 0 Å². The second kappa shape index (κ2) is 6.56. The fourth-order valence-corrected chi connectivity index (χ4v) is 4.91. The van der Waals surface area contributed by atoms with Gasteiger partial charge in [-0.25, -0.2) is 4.98 Å². The molecule has 1 aromatic heterocycles. The first-order chi connectivity index (χ1) is 11.7. The van der Waals surface area contributed by atoms with E-state index in [9.17, 15) is 0 Å². The van der Waals surface area contributed by atoms with Gasteiger partial charge in [-0.05, 0) is 79.9 Å². The van der Waals surface area contributed by atoms with Crippen LogP contribution in [-0.4, -0.2) is 16.0 Å². The van der Waals surface area contributed by atoms with Gasteiger partial charge >= 0.3 is 0 Å². The van der Waals surface area contributed by atoms with Crippen molar-refractivity contribution in [2.75, 3.05) is 6.61 Å². The molecule has 1 heterocycles. The Morgan fingerprint density at radius 2 is 2.00 bits per heavy atom. The average molecular weight is 357 g/mol. The second-order valence-electron chi connectivity index (χ2n) is 8.49. The normalized spacial score (nSPS) is 18.7. The van der Waals surface area contributed by atoms with Crippen LogP contribution in [0.1, 0.15) is 58.0 Å². The molecule has 4 heteroatoms. The van der Waals surface area contributed by atoms with E-state index in [0.29, 0.717) is 10.8 Å². The van der Waals surface area contributed by atoms with E-state index in [4.69, 9.17) is 4.74 Å². The van der Waals surface area contributed by atoms with Crippen molar-refractivity contribution in [3.8, 4) is 17.1 Å². The van der Waals surface area contributed by atoms with E-state index in [0.717, 1.165) is 39.9 Å². The molecule has 1 saturated carbocycles. The summed E-state index contributed by atoms with van der Waals surface area (Å²) in [7, 11) is 0. The van der Waals surface area contributed by atoms with Crippen LogP contribution in [0.2, 0.25) is 0 Å². The van der Waals surface area contributed by atoms with Gasteiger partial charge in [0.1, 0.15) is 10.8 Å². The van der Waals surface area contributed by atoms with Crippen LogP contribution in [0.15, 0.2) is 24.3 Å². The number of hydrogen-bond acceptors (Lipinski definition) is 4. The molecule has 0 spiro atoms. The zero-order valence-corrected chi connectivity index (χ0v) is 17.0. The molecule has 0 N–H and O–H groups in total. The third-order valence-electron chi connectivity index (χ3n) is 5.03. The van der Waals surface area contributed by atoms with E-state index in [2.05, 4.69) is 62.2 Å². The molecule has 0 unspecified atom stereocenters. The topological polar surface area (TPSA) is 35.0 Å². The van der Waals surface area contributed by atoms with Crippen molar-refractivity contribution in [1.82, 2.24) is 9.36 Å². The molecule has 2 aromatic rings. The molecule has 0 saturated heterocycles. The highest BCUT2D eigenvalue weighted by atomic mass is 32.1. The van der Waals surface area contributed by atoms with Crippen molar-refractivity contribution in [2.24, 2.45) is 10.8 Å². The van der Waals surface area contributed by atoms with E-state index in [1.165, 1.54) is 24.4 Å². The molecule has 0 bridgehead atoms. The Hall–Kier alpha value is -1.68. The number of rotatable bonds is 5. The molecule has 0 atom stereocenters. The van der Waals surface area contributed by atoms with Crippen molar-refractivity contribution < 1.29 is 4.74 Å². The first-order valence-corrected chi connectivity index (χ1v) is 9.70. The van der Waals surface area contributed by atoms with Gasteiger partial charge < -0.3 is 4.74 Å². The monoisotopic (exact) mass is 356 g/mol. The minimum Gasteiger partial charge on any atom is -0.493 e. The number of aromatic nitrogens is 2. The van der Waals surface area contributed by atoms with Crippen molar-refractivity contribution >= 4 is 17.1 Å². The summed E-state index contributed by atoms with van der Waals surface area (Å²) in [6.07, 6.45) is 4.52. The van der Waals surface area contributed by atoms with Crippen LogP contribution in [0, 0.1) is 17.8 Å². The van der Waals surface area contributed by atoms with Crippen LogP contribution in [0.4, 0.5) is 0 Å². The Morgan fingerprint density at radius 3 is 2.60 bits per heavy atom. The lowest BCUT2D eigenvalue weighted by molar-refractivity contribution is -0.0322. The summed E-state index contributed by atoms with van der Waals surface area (Å²) in [6.45, 7) is 14.0. The van der Waals surface area contributed by atoms with Crippen LogP contribution < -0.4 is 4.74 Å². The van der Waals surface area contributed by atoms with E-state index in [1.807, 2.05) is 13.0 Å². The zero-order valence-electron chi connectivity index (χ0n) is 16.1. The van der Waals surface area contributed by atoms with E-state index in [1.54, 1.807) is 0 Å². The molecule has 3 nitrogen and oxygen atoms in total. The minimum atomic E-state index is 0.311. The number of hydrogen-bond donors (Lipinski definition) is 0. The van der Waals surface area contributed by atoms with Crippen molar-refractivity contribution in [3.63, 3.8) is 0 Å². The van der Waals surface area contributed by atoms with Crippen LogP contribution in [0.3, 0.4) is 0 Å². The molecule has 25 heavy (non-hydrogen) atoms. The summed E-state index contributed by atoms with van der Waals surface area (Å²) >= 11 is 1.45. The van der Waals surface area contributed by atoms with Gasteiger partial charge in [-0.1, -0.05) is 26.8 Å². The maximum absolute atomic E-state index is 6.09. The molecule has 1 aromatic carbocycles. The molecule has 134 valence electrons. The summed E-state index contributed by atoms with van der Waals surface area (Å²) in [5.74, 6) is 1.74. The first kappa shape index (κ1) is 18.1. The van der Waals surface area contributed by atoms with Crippen LogP contribution in [0.5, 0.6) is 5.75 Å². The predicted octanol–water partition coefficient (Wildman–Crippen LogP) is 6.14. The molecule has 1 aliphatic rings. The number of benzene rings is 1. The molecule has 1 aliphatic carbocycles. The quantitative estimate of drug-likeness (QED) is 0.645. The van der Waals surface area contributed by atoms with Gasteiger partial charge in [0, 0.05) is 11.0 Å². The first-order valence-electron chi connectivity index (χ1n) is 8.92. The minimum absolute atomic E-state index is 0.311. The molecular weight excluding hydrogens is 328 g/mol. The number of allylic oxidation sites excluding steroid dienone is 2. The number of aryl methyl sites for hydroxylation is 1. The maximum atomic E-state index is 6.09. The fraction of sp³-hybridized carbons (Fsp3) is 0.524. The largest absolute Gasteiger partial charge is 0.493 e. The van der Waals surface area contributed by atoms with Gasteiger partial charge in [-0.2, -0.15) is 4.37 Å². The van der Waals surface area contributed by atoms with E-state index < -0.39 is 0 Å². The van der Waals surface area contributed by atoms with Crippen molar-refractivity contribution in [3.05, 3.63) is 34.8 Å². The Bertz CT molecular complexity index is 796. The highest BCUT2D eigenvalue weighted by molar-refractivity contribution is 7.06. The van der Waals surface area contributed by atoms with Crippen LogP contribution >= 0.6 is 11.5 Å². The third kappa shape index (κ3) is 3.95. The van der Waals surface area contributed by atoms with Crippen molar-refractivity contribution in [2.45, 2.75) is 54.4 Å². The summed E-state index contributed by atoms with van der Waals surface area (Å²) < 4.78 is 10.6. The summed E-state index contributed by atoms with van der Waals surface area (Å²) in [5.41, 5.74) is 4.18. The Labute approximate surface area is 155 Å². The van der Waals surface area contributed by atoms with Crippen molar-refractivity contribution in [1.29, 1.82) is 0 Å². The van der Waals surface area contributed by atoms with Gasteiger partial charge in [0.2, 0.25) is 0 Å². The van der Waals surface area contributed by atoms with Crippen LogP contribution in [-0.2, 0) is 0 Å². The van der Waals surface area contributed by atoms with E-state index >= 15 is 0 Å². The summed E-state index contributed by atoms with van der Waals surface area (Å²) in [4.78, 5) is 4.66. The molecule has 3 rings (SSSR count). The second-order valence-corrected chi connectivity index (χ2v) is 9.24. The Balaban J connectivity index is 1.70. The molecular formula is C21H28N2OS. The third-order valence-corrected chi connectivity index (χ3v) is 5.88. The lowest BCUT2D eigenvalue weighted by atomic mass is 9.56. The van der Waals surface area contributed by atoms with Crippen LogP contribution in [0.25, 0.3) is 17.0 Å². The lowest BCUT2D eigenvalue weighted by Gasteiger charge is -2.51. The zero-order chi connectivity index (χ0) is 18.2. The standard InChI is InChI=1S/C21H28N2OS/c1-7-14(2)19-22-18(23-25-19)17-9-8-16(10-15(17)3)24-13-21(6)11-20(4,5)12-21/h7-10H,11-13H2,1-6H3. The highest BCUT2D eigenvalue weighted by Crippen LogP contribution is 2.53. The lowest BCUT2D eigenvalue weighted by Crippen LogP contribution is -2.44.